The smallest absolute Gasteiger partial charge is 0.0492 e. The molecule has 0 saturated heterocycles. The maximum atomic E-state index is 5.85. The normalized spacial score (nSPS) is 15.2. The van der Waals surface area contributed by atoms with Gasteiger partial charge in [0.2, 0.25) is 0 Å². The van der Waals surface area contributed by atoms with E-state index >= 15 is 0 Å². The summed E-state index contributed by atoms with van der Waals surface area (Å²) >= 11 is 0. The largest absolute Gasteiger partial charge is 0.330 e. The van der Waals surface area contributed by atoms with Crippen molar-refractivity contribution in [3.63, 3.8) is 0 Å². The average Bonchev–Trinajstić information content (AvgIpc) is 2.62. The molecule has 3 nitrogen and oxygen atoms in total. The predicted molar refractivity (Wildman–Crippen MR) is 63.6 cm³/mol. The number of aryl methyl sites for hydroxylation is 2. The van der Waals surface area contributed by atoms with Crippen LogP contribution in [-0.2, 0) is 13.5 Å². The number of hydrogen-bond acceptors (Lipinski definition) is 2. The van der Waals surface area contributed by atoms with Crippen molar-refractivity contribution in [2.45, 2.75) is 39.5 Å². The molecule has 1 atom stereocenters. The molecule has 0 fully saturated rings. The van der Waals surface area contributed by atoms with Crippen LogP contribution >= 0.6 is 0 Å². The maximum absolute atomic E-state index is 5.85. The highest BCUT2D eigenvalue weighted by Gasteiger charge is 2.21. The van der Waals surface area contributed by atoms with Crippen LogP contribution in [-0.4, -0.2) is 16.3 Å². The lowest BCUT2D eigenvalue weighted by Crippen LogP contribution is -2.27. The van der Waals surface area contributed by atoms with Crippen LogP contribution in [0.5, 0.6) is 0 Å². The van der Waals surface area contributed by atoms with E-state index in [9.17, 15) is 0 Å². The Labute approximate surface area is 92.7 Å². The van der Waals surface area contributed by atoms with Gasteiger partial charge < -0.3 is 5.73 Å². The van der Waals surface area contributed by atoms with Crippen LogP contribution in [0.1, 0.15) is 38.8 Å². The fourth-order valence-electron chi connectivity index (χ4n) is 2.01. The van der Waals surface area contributed by atoms with E-state index in [4.69, 9.17) is 5.73 Å². The third-order valence-electron chi connectivity index (χ3n) is 3.25. The summed E-state index contributed by atoms with van der Waals surface area (Å²) in [5.41, 5.74) is 7.44. The molecule has 0 aromatic carbocycles. The van der Waals surface area contributed by atoms with Crippen LogP contribution in [0, 0.1) is 5.41 Å². The van der Waals surface area contributed by atoms with Gasteiger partial charge in [0.15, 0.2) is 0 Å². The molecule has 0 radical (unpaired) electrons. The average molecular weight is 209 g/mol. The highest BCUT2D eigenvalue weighted by Crippen LogP contribution is 2.27. The Morgan fingerprint density at radius 3 is 2.67 bits per heavy atom. The monoisotopic (exact) mass is 209 g/mol. The van der Waals surface area contributed by atoms with Crippen molar-refractivity contribution < 1.29 is 0 Å². The van der Waals surface area contributed by atoms with Gasteiger partial charge in [-0.15, -0.1) is 0 Å². The van der Waals surface area contributed by atoms with Gasteiger partial charge in [-0.25, -0.2) is 0 Å². The molecule has 1 unspecified atom stereocenters. The molecule has 0 aliphatic heterocycles. The number of rotatable bonds is 6. The highest BCUT2D eigenvalue weighted by molar-refractivity contribution is 5.00. The van der Waals surface area contributed by atoms with Gasteiger partial charge in [-0.1, -0.05) is 20.3 Å². The molecule has 86 valence electrons. The van der Waals surface area contributed by atoms with Crippen LogP contribution in [0.25, 0.3) is 0 Å². The second-order valence-corrected chi connectivity index (χ2v) is 4.71. The first-order chi connectivity index (χ1) is 7.11. The summed E-state index contributed by atoms with van der Waals surface area (Å²) in [7, 11) is 1.99. The molecule has 1 heterocycles. The summed E-state index contributed by atoms with van der Waals surface area (Å²) in [4.78, 5) is 0. The van der Waals surface area contributed by atoms with E-state index in [0.29, 0.717) is 5.41 Å². The van der Waals surface area contributed by atoms with Gasteiger partial charge in [-0.05, 0) is 37.3 Å². The summed E-state index contributed by atoms with van der Waals surface area (Å²) in [6, 6.07) is 2.09. The van der Waals surface area contributed by atoms with Crippen molar-refractivity contribution in [2.75, 3.05) is 6.54 Å². The zero-order chi connectivity index (χ0) is 11.3. The van der Waals surface area contributed by atoms with Gasteiger partial charge in [-0.3, -0.25) is 4.68 Å². The summed E-state index contributed by atoms with van der Waals surface area (Å²) < 4.78 is 1.95. The Morgan fingerprint density at radius 2 is 2.20 bits per heavy atom. The van der Waals surface area contributed by atoms with Crippen LogP contribution in [0.15, 0.2) is 12.3 Å². The molecule has 0 spiro atoms. The number of nitrogens with zero attached hydrogens (tertiary/aromatic N) is 2. The summed E-state index contributed by atoms with van der Waals surface area (Å²) in [5, 5.41) is 4.17. The standard InChI is InChI=1S/C12H23N3/c1-4-7-12(2,10-13)8-5-11-6-9-14-15(11)3/h6,9H,4-5,7-8,10,13H2,1-3H3. The number of hydrogen-bond donors (Lipinski definition) is 1. The van der Waals surface area contributed by atoms with E-state index in [1.54, 1.807) is 0 Å². The molecule has 1 aromatic heterocycles. The first-order valence-corrected chi connectivity index (χ1v) is 5.78. The minimum Gasteiger partial charge on any atom is -0.330 e. The zero-order valence-electron chi connectivity index (χ0n) is 10.2. The van der Waals surface area contributed by atoms with Gasteiger partial charge in [-0.2, -0.15) is 5.10 Å². The van der Waals surface area contributed by atoms with E-state index in [-0.39, 0.29) is 0 Å². The van der Waals surface area contributed by atoms with Crippen molar-refractivity contribution in [3.05, 3.63) is 18.0 Å². The van der Waals surface area contributed by atoms with Crippen LogP contribution < -0.4 is 5.73 Å². The second-order valence-electron chi connectivity index (χ2n) is 4.71. The van der Waals surface area contributed by atoms with Crippen molar-refractivity contribution in [1.82, 2.24) is 9.78 Å². The first-order valence-electron chi connectivity index (χ1n) is 5.78. The van der Waals surface area contributed by atoms with Gasteiger partial charge in [0, 0.05) is 18.9 Å². The van der Waals surface area contributed by atoms with Crippen molar-refractivity contribution in [3.8, 4) is 0 Å². The molecule has 2 N–H and O–H groups in total. The van der Waals surface area contributed by atoms with Gasteiger partial charge in [0.05, 0.1) is 0 Å². The lowest BCUT2D eigenvalue weighted by atomic mass is 9.81. The van der Waals surface area contributed by atoms with Crippen LogP contribution in [0.4, 0.5) is 0 Å². The molecule has 1 rings (SSSR count). The summed E-state index contributed by atoms with van der Waals surface area (Å²) in [5.74, 6) is 0. The topological polar surface area (TPSA) is 43.8 Å². The van der Waals surface area contributed by atoms with Crippen molar-refractivity contribution in [2.24, 2.45) is 18.2 Å². The number of aromatic nitrogens is 2. The first kappa shape index (κ1) is 12.2. The maximum Gasteiger partial charge on any atom is 0.0492 e. The minimum absolute atomic E-state index is 0.291. The number of nitrogens with two attached hydrogens (primary N) is 1. The predicted octanol–water partition coefficient (Wildman–Crippen LogP) is 2.12. The SMILES string of the molecule is CCCC(C)(CN)CCc1ccnn1C. The second kappa shape index (κ2) is 5.31. The molecule has 15 heavy (non-hydrogen) atoms. The molecule has 0 amide bonds. The Bertz CT molecular complexity index is 293. The Morgan fingerprint density at radius 1 is 1.47 bits per heavy atom. The molecule has 0 aliphatic rings. The molecule has 1 aromatic rings. The van der Waals surface area contributed by atoms with E-state index in [1.807, 2.05) is 17.9 Å². The third-order valence-corrected chi connectivity index (χ3v) is 3.25. The van der Waals surface area contributed by atoms with E-state index in [1.165, 1.54) is 18.5 Å². The molecular weight excluding hydrogens is 186 g/mol. The fraction of sp³-hybridized carbons (Fsp3) is 0.750. The molecule has 0 aliphatic carbocycles. The third kappa shape index (κ3) is 3.34. The molecule has 0 bridgehead atoms. The minimum atomic E-state index is 0.291. The Kier molecular flexibility index (Phi) is 4.33. The lowest BCUT2D eigenvalue weighted by Gasteiger charge is -2.27. The van der Waals surface area contributed by atoms with Gasteiger partial charge in [0.1, 0.15) is 0 Å². The summed E-state index contributed by atoms with van der Waals surface area (Å²) in [6.45, 7) is 5.28. The quantitative estimate of drug-likeness (QED) is 0.780. The Balaban J connectivity index is 2.51. The van der Waals surface area contributed by atoms with E-state index in [0.717, 1.165) is 19.4 Å². The van der Waals surface area contributed by atoms with Crippen LogP contribution in [0.3, 0.4) is 0 Å². The van der Waals surface area contributed by atoms with E-state index in [2.05, 4.69) is 25.0 Å². The molecule has 3 heteroatoms. The van der Waals surface area contributed by atoms with Gasteiger partial charge in [0.25, 0.3) is 0 Å². The highest BCUT2D eigenvalue weighted by atomic mass is 15.2. The van der Waals surface area contributed by atoms with Crippen LogP contribution in [0.2, 0.25) is 0 Å². The van der Waals surface area contributed by atoms with Crippen molar-refractivity contribution in [1.29, 1.82) is 0 Å². The zero-order valence-corrected chi connectivity index (χ0v) is 10.2. The van der Waals surface area contributed by atoms with Crippen molar-refractivity contribution >= 4 is 0 Å². The van der Waals surface area contributed by atoms with Gasteiger partial charge >= 0.3 is 0 Å². The fourth-order valence-corrected chi connectivity index (χ4v) is 2.01. The van der Waals surface area contributed by atoms with E-state index < -0.39 is 0 Å². The summed E-state index contributed by atoms with van der Waals surface area (Å²) in [6.07, 6.45) is 6.50. The molecular formula is C12H23N3. The lowest BCUT2D eigenvalue weighted by molar-refractivity contribution is 0.278. The Hall–Kier alpha value is -0.830. The molecule has 0 saturated carbocycles.